The zero-order valence-electron chi connectivity index (χ0n) is 12.9. The third-order valence-corrected chi connectivity index (χ3v) is 5.27. The van der Waals surface area contributed by atoms with E-state index in [0.29, 0.717) is 19.5 Å². The number of amides is 2. The first-order valence-electron chi connectivity index (χ1n) is 7.91. The van der Waals surface area contributed by atoms with Gasteiger partial charge in [-0.3, -0.25) is 9.59 Å². The SMILES string of the molecule is CC(C(=O)NCc1csc(N2CCCC2)n1)N1CCCC1=O. The Bertz CT molecular complexity index is 553. The van der Waals surface area contributed by atoms with E-state index in [1.54, 1.807) is 23.2 Å². The fourth-order valence-corrected chi connectivity index (χ4v) is 3.86. The molecule has 2 saturated heterocycles. The molecule has 7 heteroatoms. The van der Waals surface area contributed by atoms with E-state index < -0.39 is 6.04 Å². The molecule has 0 saturated carbocycles. The van der Waals surface area contributed by atoms with Crippen molar-refractivity contribution in [3.63, 3.8) is 0 Å². The van der Waals surface area contributed by atoms with Gasteiger partial charge in [-0.05, 0) is 26.2 Å². The van der Waals surface area contributed by atoms with Crippen LogP contribution in [0.2, 0.25) is 0 Å². The molecule has 0 aliphatic carbocycles. The standard InChI is InChI=1S/C15H22N4O2S/c1-11(19-8-4-5-13(19)20)14(21)16-9-12-10-22-15(17-12)18-6-2-3-7-18/h10-11H,2-9H2,1H3,(H,16,21). The van der Waals surface area contributed by atoms with Crippen LogP contribution >= 0.6 is 11.3 Å². The highest BCUT2D eigenvalue weighted by Gasteiger charge is 2.29. The number of carbonyl (C=O) groups is 2. The molecular weight excluding hydrogens is 300 g/mol. The van der Waals surface area contributed by atoms with E-state index in [-0.39, 0.29) is 11.8 Å². The van der Waals surface area contributed by atoms with Gasteiger partial charge < -0.3 is 15.1 Å². The average molecular weight is 322 g/mol. The van der Waals surface area contributed by atoms with Crippen molar-refractivity contribution >= 4 is 28.3 Å². The zero-order valence-corrected chi connectivity index (χ0v) is 13.7. The maximum Gasteiger partial charge on any atom is 0.242 e. The summed E-state index contributed by atoms with van der Waals surface area (Å²) in [5, 5.41) is 5.94. The molecule has 120 valence electrons. The Morgan fingerprint density at radius 1 is 1.36 bits per heavy atom. The molecule has 1 aromatic rings. The number of hydrogen-bond donors (Lipinski definition) is 1. The summed E-state index contributed by atoms with van der Waals surface area (Å²) in [6.07, 6.45) is 3.87. The Balaban J connectivity index is 1.51. The second-order valence-electron chi connectivity index (χ2n) is 5.90. The smallest absolute Gasteiger partial charge is 0.242 e. The van der Waals surface area contributed by atoms with Gasteiger partial charge in [-0.25, -0.2) is 4.98 Å². The molecule has 1 N–H and O–H groups in total. The van der Waals surface area contributed by atoms with E-state index in [1.165, 1.54) is 12.8 Å². The van der Waals surface area contributed by atoms with Crippen LogP contribution in [0.4, 0.5) is 5.13 Å². The summed E-state index contributed by atoms with van der Waals surface area (Å²) in [4.78, 5) is 32.4. The zero-order chi connectivity index (χ0) is 15.5. The minimum atomic E-state index is -0.397. The fourth-order valence-electron chi connectivity index (χ4n) is 2.98. The Morgan fingerprint density at radius 2 is 2.14 bits per heavy atom. The lowest BCUT2D eigenvalue weighted by molar-refractivity contribution is -0.136. The van der Waals surface area contributed by atoms with E-state index in [1.807, 2.05) is 5.38 Å². The maximum atomic E-state index is 12.2. The minimum Gasteiger partial charge on any atom is -0.349 e. The van der Waals surface area contributed by atoms with Crippen LogP contribution in [0, 0.1) is 0 Å². The molecule has 3 heterocycles. The number of aromatic nitrogens is 1. The predicted octanol–water partition coefficient (Wildman–Crippen LogP) is 1.37. The van der Waals surface area contributed by atoms with Crippen molar-refractivity contribution in [2.24, 2.45) is 0 Å². The summed E-state index contributed by atoms with van der Waals surface area (Å²) in [6.45, 7) is 5.05. The van der Waals surface area contributed by atoms with Crippen LogP contribution in [0.1, 0.15) is 38.3 Å². The number of rotatable bonds is 5. The molecule has 0 radical (unpaired) electrons. The van der Waals surface area contributed by atoms with Gasteiger partial charge in [0, 0.05) is 31.4 Å². The van der Waals surface area contributed by atoms with Gasteiger partial charge in [-0.2, -0.15) is 0 Å². The Morgan fingerprint density at radius 3 is 2.82 bits per heavy atom. The monoisotopic (exact) mass is 322 g/mol. The second-order valence-corrected chi connectivity index (χ2v) is 6.74. The molecule has 2 fully saturated rings. The first-order valence-corrected chi connectivity index (χ1v) is 8.79. The maximum absolute atomic E-state index is 12.2. The van der Waals surface area contributed by atoms with Crippen LogP contribution in [-0.4, -0.2) is 47.4 Å². The van der Waals surface area contributed by atoms with Crippen LogP contribution in [0.3, 0.4) is 0 Å². The van der Waals surface area contributed by atoms with Crippen LogP contribution < -0.4 is 10.2 Å². The lowest BCUT2D eigenvalue weighted by atomic mass is 10.2. The van der Waals surface area contributed by atoms with Gasteiger partial charge in [0.25, 0.3) is 0 Å². The van der Waals surface area contributed by atoms with E-state index in [0.717, 1.165) is 30.3 Å². The molecule has 3 rings (SSSR count). The fraction of sp³-hybridized carbons (Fsp3) is 0.667. The second kappa shape index (κ2) is 6.64. The first kappa shape index (κ1) is 15.3. The van der Waals surface area contributed by atoms with E-state index >= 15 is 0 Å². The molecule has 6 nitrogen and oxygen atoms in total. The molecule has 1 atom stereocenters. The largest absolute Gasteiger partial charge is 0.349 e. The molecule has 1 aromatic heterocycles. The van der Waals surface area contributed by atoms with Crippen molar-refractivity contribution in [2.45, 2.75) is 45.2 Å². The third-order valence-electron chi connectivity index (χ3n) is 4.32. The van der Waals surface area contributed by atoms with E-state index in [4.69, 9.17) is 0 Å². The van der Waals surface area contributed by atoms with Crippen molar-refractivity contribution in [1.82, 2.24) is 15.2 Å². The minimum absolute atomic E-state index is 0.0765. The van der Waals surface area contributed by atoms with Crippen LogP contribution in [0.15, 0.2) is 5.38 Å². The molecule has 1 unspecified atom stereocenters. The number of likely N-dealkylation sites (tertiary alicyclic amines) is 1. The van der Waals surface area contributed by atoms with Crippen molar-refractivity contribution in [3.05, 3.63) is 11.1 Å². The Labute approximate surface area is 134 Å². The molecule has 0 spiro atoms. The normalized spacial score (nSPS) is 19.8. The Kier molecular flexibility index (Phi) is 4.61. The van der Waals surface area contributed by atoms with Gasteiger partial charge in [0.15, 0.2) is 5.13 Å². The summed E-state index contributed by atoms with van der Waals surface area (Å²) in [7, 11) is 0. The highest BCUT2D eigenvalue weighted by Crippen LogP contribution is 2.24. The topological polar surface area (TPSA) is 65.5 Å². The highest BCUT2D eigenvalue weighted by atomic mass is 32.1. The van der Waals surface area contributed by atoms with Gasteiger partial charge in [0.2, 0.25) is 11.8 Å². The number of thiazole rings is 1. The van der Waals surface area contributed by atoms with E-state index in [2.05, 4.69) is 15.2 Å². The first-order chi connectivity index (χ1) is 10.6. The van der Waals surface area contributed by atoms with Crippen molar-refractivity contribution in [3.8, 4) is 0 Å². The molecule has 2 amide bonds. The van der Waals surface area contributed by atoms with E-state index in [9.17, 15) is 9.59 Å². The summed E-state index contributed by atoms with van der Waals surface area (Å²) < 4.78 is 0. The van der Waals surface area contributed by atoms with Gasteiger partial charge in [-0.1, -0.05) is 0 Å². The lowest BCUT2D eigenvalue weighted by Crippen LogP contribution is -2.45. The summed E-state index contributed by atoms with van der Waals surface area (Å²) >= 11 is 1.63. The third kappa shape index (κ3) is 3.24. The molecule has 2 aliphatic rings. The van der Waals surface area contributed by atoms with Crippen molar-refractivity contribution in [2.75, 3.05) is 24.5 Å². The molecular formula is C15H22N4O2S. The van der Waals surface area contributed by atoms with Gasteiger partial charge in [0.1, 0.15) is 6.04 Å². The number of nitrogens with zero attached hydrogens (tertiary/aromatic N) is 3. The number of nitrogens with one attached hydrogen (secondary N) is 1. The molecule has 2 aliphatic heterocycles. The number of anilines is 1. The average Bonchev–Trinajstić information content (AvgIpc) is 3.24. The molecule has 22 heavy (non-hydrogen) atoms. The highest BCUT2D eigenvalue weighted by molar-refractivity contribution is 7.13. The van der Waals surface area contributed by atoms with Crippen molar-refractivity contribution in [1.29, 1.82) is 0 Å². The summed E-state index contributed by atoms with van der Waals surface area (Å²) in [6, 6.07) is -0.397. The quantitative estimate of drug-likeness (QED) is 0.889. The van der Waals surface area contributed by atoms with Crippen molar-refractivity contribution < 1.29 is 9.59 Å². The Hall–Kier alpha value is -1.63. The predicted molar refractivity (Wildman–Crippen MR) is 85.8 cm³/mol. The van der Waals surface area contributed by atoms with Crippen LogP contribution in [-0.2, 0) is 16.1 Å². The van der Waals surface area contributed by atoms with Crippen LogP contribution in [0.5, 0.6) is 0 Å². The molecule has 0 aromatic carbocycles. The lowest BCUT2D eigenvalue weighted by Gasteiger charge is -2.23. The van der Waals surface area contributed by atoms with Gasteiger partial charge in [0.05, 0.1) is 12.2 Å². The number of hydrogen-bond acceptors (Lipinski definition) is 5. The summed E-state index contributed by atoms with van der Waals surface area (Å²) in [5.41, 5.74) is 0.889. The van der Waals surface area contributed by atoms with Crippen LogP contribution in [0.25, 0.3) is 0 Å². The van der Waals surface area contributed by atoms with Gasteiger partial charge in [-0.15, -0.1) is 11.3 Å². The summed E-state index contributed by atoms with van der Waals surface area (Å²) in [5.74, 6) is -0.0291. The van der Waals surface area contributed by atoms with Gasteiger partial charge >= 0.3 is 0 Å². The molecule has 0 bridgehead atoms. The number of carbonyl (C=O) groups excluding carboxylic acids is 2.